The van der Waals surface area contributed by atoms with Gasteiger partial charge in [0.15, 0.2) is 6.54 Å². The van der Waals surface area contributed by atoms with Crippen LogP contribution in [-0.4, -0.2) is 19.0 Å². The van der Waals surface area contributed by atoms with E-state index in [0.29, 0.717) is 11.6 Å². The maximum absolute atomic E-state index is 12.2. The normalized spacial score (nSPS) is 16.9. The largest absolute Gasteiger partial charge is 0.323 e. The van der Waals surface area contributed by atoms with E-state index >= 15 is 0 Å². The zero-order valence-corrected chi connectivity index (χ0v) is 13.4. The second kappa shape index (κ2) is 6.51. The van der Waals surface area contributed by atoms with Crippen LogP contribution >= 0.6 is 11.6 Å². The van der Waals surface area contributed by atoms with Gasteiger partial charge in [-0.05, 0) is 30.2 Å². The Morgan fingerprint density at radius 3 is 2.77 bits per heavy atom. The van der Waals surface area contributed by atoms with Crippen molar-refractivity contribution in [3.8, 4) is 0 Å². The van der Waals surface area contributed by atoms with Crippen molar-refractivity contribution in [2.45, 2.75) is 19.9 Å². The summed E-state index contributed by atoms with van der Waals surface area (Å²) >= 11 is 6.09. The average molecular weight is 316 g/mol. The molecule has 1 unspecified atom stereocenters. The van der Waals surface area contributed by atoms with Gasteiger partial charge < -0.3 is 10.2 Å². The van der Waals surface area contributed by atoms with E-state index in [4.69, 9.17) is 11.6 Å². The summed E-state index contributed by atoms with van der Waals surface area (Å²) in [4.78, 5) is 13.5. The lowest BCUT2D eigenvalue weighted by Crippen LogP contribution is -3.12. The summed E-state index contributed by atoms with van der Waals surface area (Å²) in [6.07, 6.45) is 1.04. The van der Waals surface area contributed by atoms with Crippen molar-refractivity contribution in [1.82, 2.24) is 0 Å². The van der Waals surface area contributed by atoms with Crippen LogP contribution in [0.4, 0.5) is 5.69 Å². The van der Waals surface area contributed by atoms with Gasteiger partial charge in [0, 0.05) is 22.7 Å². The van der Waals surface area contributed by atoms with Gasteiger partial charge in [-0.1, -0.05) is 41.9 Å². The summed E-state index contributed by atoms with van der Waals surface area (Å²) < 4.78 is 0. The Labute approximate surface area is 135 Å². The Bertz CT molecular complexity index is 699. The van der Waals surface area contributed by atoms with Crippen LogP contribution in [-0.2, 0) is 17.8 Å². The Morgan fingerprint density at radius 1 is 1.23 bits per heavy atom. The first-order valence-electron chi connectivity index (χ1n) is 7.58. The summed E-state index contributed by atoms with van der Waals surface area (Å²) in [6.45, 7) is 4.35. The molecular formula is C18H20ClN2O+. The fourth-order valence-corrected chi connectivity index (χ4v) is 3.08. The van der Waals surface area contributed by atoms with E-state index < -0.39 is 0 Å². The van der Waals surface area contributed by atoms with Crippen molar-refractivity contribution < 1.29 is 9.69 Å². The van der Waals surface area contributed by atoms with Crippen LogP contribution in [0.15, 0.2) is 42.5 Å². The van der Waals surface area contributed by atoms with Crippen LogP contribution < -0.4 is 10.2 Å². The minimum Gasteiger partial charge on any atom is -0.323 e. The van der Waals surface area contributed by atoms with Gasteiger partial charge in [0.25, 0.3) is 5.91 Å². The molecule has 114 valence electrons. The first-order valence-corrected chi connectivity index (χ1v) is 7.96. The van der Waals surface area contributed by atoms with E-state index in [9.17, 15) is 4.79 Å². The average Bonchev–Trinajstić information content (AvgIpc) is 2.51. The monoisotopic (exact) mass is 315 g/mol. The molecule has 1 heterocycles. The van der Waals surface area contributed by atoms with Gasteiger partial charge in [0.2, 0.25) is 0 Å². The molecule has 0 fully saturated rings. The van der Waals surface area contributed by atoms with Crippen molar-refractivity contribution >= 4 is 23.2 Å². The van der Waals surface area contributed by atoms with E-state index in [-0.39, 0.29) is 5.91 Å². The summed E-state index contributed by atoms with van der Waals surface area (Å²) in [5.74, 6) is 0.0364. The molecule has 4 heteroatoms. The van der Waals surface area contributed by atoms with Gasteiger partial charge in [0.1, 0.15) is 6.54 Å². The molecular weight excluding hydrogens is 296 g/mol. The Morgan fingerprint density at radius 2 is 2.00 bits per heavy atom. The molecule has 2 aromatic rings. The lowest BCUT2D eigenvalue weighted by atomic mass is 10.00. The van der Waals surface area contributed by atoms with E-state index in [2.05, 4.69) is 29.6 Å². The molecule has 2 aromatic carbocycles. The maximum Gasteiger partial charge on any atom is 0.279 e. The van der Waals surface area contributed by atoms with Gasteiger partial charge in [-0.15, -0.1) is 0 Å². The number of anilines is 1. The molecule has 1 amide bonds. The molecule has 0 saturated heterocycles. The number of rotatable bonds is 3. The standard InChI is InChI=1S/C18H19ClN2O/c1-13-6-7-16(10-17(13)19)20-18(22)12-21-9-8-14-4-2-3-5-15(14)11-21/h2-7,10H,8-9,11-12H2,1H3,(H,20,22)/p+1. The zero-order chi connectivity index (χ0) is 15.5. The number of nitrogens with one attached hydrogen (secondary N) is 2. The van der Waals surface area contributed by atoms with E-state index in [1.54, 1.807) is 6.07 Å². The molecule has 0 aliphatic carbocycles. The van der Waals surface area contributed by atoms with Crippen LogP contribution in [0.25, 0.3) is 0 Å². The first-order chi connectivity index (χ1) is 10.6. The molecule has 0 bridgehead atoms. The third-order valence-electron chi connectivity index (χ3n) is 4.17. The number of benzene rings is 2. The molecule has 1 atom stereocenters. The van der Waals surface area contributed by atoms with Crippen LogP contribution in [0.2, 0.25) is 5.02 Å². The molecule has 1 aliphatic heterocycles. The van der Waals surface area contributed by atoms with Gasteiger partial charge in [-0.3, -0.25) is 4.79 Å². The number of hydrogen-bond acceptors (Lipinski definition) is 1. The molecule has 0 saturated carbocycles. The third-order valence-corrected chi connectivity index (χ3v) is 4.58. The smallest absolute Gasteiger partial charge is 0.279 e. The second-order valence-corrected chi connectivity index (χ2v) is 6.29. The minimum atomic E-state index is 0.0364. The minimum absolute atomic E-state index is 0.0364. The van der Waals surface area contributed by atoms with Crippen LogP contribution in [0.5, 0.6) is 0 Å². The molecule has 0 aromatic heterocycles. The number of amides is 1. The molecule has 0 radical (unpaired) electrons. The number of hydrogen-bond donors (Lipinski definition) is 2. The fourth-order valence-electron chi connectivity index (χ4n) is 2.90. The highest BCUT2D eigenvalue weighted by atomic mass is 35.5. The predicted octanol–water partition coefficient (Wildman–Crippen LogP) is 2.23. The summed E-state index contributed by atoms with van der Waals surface area (Å²) in [6, 6.07) is 14.1. The molecule has 0 spiro atoms. The number of carbonyl (C=O) groups is 1. The maximum atomic E-state index is 12.2. The van der Waals surface area contributed by atoms with Gasteiger partial charge in [0.05, 0.1) is 6.54 Å². The van der Waals surface area contributed by atoms with Crippen LogP contribution in [0, 0.1) is 6.92 Å². The SMILES string of the molecule is Cc1ccc(NC(=O)C[NH+]2CCc3ccccc3C2)cc1Cl. The number of aryl methyl sites for hydroxylation is 1. The molecule has 1 aliphatic rings. The van der Waals surface area contributed by atoms with E-state index in [1.807, 2.05) is 19.1 Å². The van der Waals surface area contributed by atoms with E-state index in [0.717, 1.165) is 30.8 Å². The quantitative estimate of drug-likeness (QED) is 0.895. The van der Waals surface area contributed by atoms with Crippen molar-refractivity contribution in [3.05, 3.63) is 64.2 Å². The molecule has 2 N–H and O–H groups in total. The van der Waals surface area contributed by atoms with Gasteiger partial charge in [-0.2, -0.15) is 0 Å². The first kappa shape index (κ1) is 15.1. The molecule has 3 rings (SSSR count). The summed E-state index contributed by atoms with van der Waals surface area (Å²) in [7, 11) is 0. The Balaban J connectivity index is 1.59. The number of fused-ring (bicyclic) bond motifs is 1. The lowest BCUT2D eigenvalue weighted by molar-refractivity contribution is -0.907. The zero-order valence-electron chi connectivity index (χ0n) is 12.7. The lowest BCUT2D eigenvalue weighted by Gasteiger charge is -2.25. The summed E-state index contributed by atoms with van der Waals surface area (Å²) in [5, 5.41) is 3.61. The van der Waals surface area contributed by atoms with Crippen molar-refractivity contribution in [2.24, 2.45) is 0 Å². The van der Waals surface area contributed by atoms with Crippen LogP contribution in [0.1, 0.15) is 16.7 Å². The molecule has 22 heavy (non-hydrogen) atoms. The number of halogens is 1. The Kier molecular flexibility index (Phi) is 4.46. The Hall–Kier alpha value is -1.84. The molecule has 3 nitrogen and oxygen atoms in total. The topological polar surface area (TPSA) is 33.5 Å². The van der Waals surface area contributed by atoms with Gasteiger partial charge >= 0.3 is 0 Å². The van der Waals surface area contributed by atoms with Crippen LogP contribution in [0.3, 0.4) is 0 Å². The number of quaternary nitrogens is 1. The predicted molar refractivity (Wildman–Crippen MR) is 89.4 cm³/mol. The van der Waals surface area contributed by atoms with Crippen molar-refractivity contribution in [2.75, 3.05) is 18.4 Å². The van der Waals surface area contributed by atoms with E-state index in [1.165, 1.54) is 16.0 Å². The number of carbonyl (C=O) groups excluding carboxylic acids is 1. The third kappa shape index (κ3) is 3.49. The highest BCUT2D eigenvalue weighted by molar-refractivity contribution is 6.31. The van der Waals surface area contributed by atoms with Gasteiger partial charge in [-0.25, -0.2) is 0 Å². The fraction of sp³-hybridized carbons (Fsp3) is 0.278. The highest BCUT2D eigenvalue weighted by Crippen LogP contribution is 2.19. The second-order valence-electron chi connectivity index (χ2n) is 5.88. The summed E-state index contributed by atoms with van der Waals surface area (Å²) in [5.41, 5.74) is 4.54. The highest BCUT2D eigenvalue weighted by Gasteiger charge is 2.21. The van der Waals surface area contributed by atoms with Crippen molar-refractivity contribution in [1.29, 1.82) is 0 Å². The van der Waals surface area contributed by atoms with Crippen molar-refractivity contribution in [3.63, 3.8) is 0 Å².